The first-order valence-corrected chi connectivity index (χ1v) is 8.72. The topological polar surface area (TPSA) is 73.3 Å². The van der Waals surface area contributed by atoms with Crippen molar-refractivity contribution in [2.75, 3.05) is 19.5 Å². The van der Waals surface area contributed by atoms with Crippen molar-refractivity contribution < 1.29 is 14.3 Å². The summed E-state index contributed by atoms with van der Waals surface area (Å²) in [7, 11) is 3.17. The zero-order valence-electron chi connectivity index (χ0n) is 13.3. The Hall–Kier alpha value is -2.45. The molecule has 2 heterocycles. The Morgan fingerprint density at radius 2 is 2.00 bits per heavy atom. The average Bonchev–Trinajstić information content (AvgIpc) is 3.23. The first-order chi connectivity index (χ1) is 11.6. The molecule has 6 nitrogen and oxygen atoms in total. The fraction of sp³-hybridized carbons (Fsp3) is 0.188. The van der Waals surface area contributed by atoms with Gasteiger partial charge in [-0.25, -0.2) is 9.97 Å². The molecule has 3 aromatic rings. The van der Waals surface area contributed by atoms with Crippen LogP contribution in [0.4, 0.5) is 5.13 Å². The summed E-state index contributed by atoms with van der Waals surface area (Å²) in [6.07, 6.45) is 1.72. The fourth-order valence-electron chi connectivity index (χ4n) is 2.05. The second kappa shape index (κ2) is 6.98. The number of anilines is 1. The van der Waals surface area contributed by atoms with Crippen molar-refractivity contribution in [3.63, 3.8) is 0 Å². The van der Waals surface area contributed by atoms with Gasteiger partial charge in [-0.3, -0.25) is 10.1 Å². The number of amides is 1. The third-order valence-electron chi connectivity index (χ3n) is 3.21. The Balaban J connectivity index is 1.81. The first kappa shape index (κ1) is 16.4. The molecule has 1 amide bonds. The van der Waals surface area contributed by atoms with Crippen LogP contribution in [0.1, 0.15) is 15.4 Å². The van der Waals surface area contributed by atoms with Crippen LogP contribution in [-0.2, 0) is 0 Å². The number of hydrogen-bond donors (Lipinski definition) is 1. The molecular weight excluding hydrogens is 346 g/mol. The molecule has 1 aromatic carbocycles. The van der Waals surface area contributed by atoms with Crippen LogP contribution in [0.25, 0.3) is 10.6 Å². The molecule has 0 unspecified atom stereocenters. The van der Waals surface area contributed by atoms with Gasteiger partial charge in [0.05, 0.1) is 14.2 Å². The number of aromatic nitrogens is 2. The highest BCUT2D eigenvalue weighted by Crippen LogP contribution is 2.33. The maximum atomic E-state index is 12.2. The quantitative estimate of drug-likeness (QED) is 0.747. The molecule has 24 heavy (non-hydrogen) atoms. The molecular formula is C16H15N3O3S2. The highest BCUT2D eigenvalue weighted by Gasteiger charge is 2.15. The summed E-state index contributed by atoms with van der Waals surface area (Å²) in [6, 6.07) is 5.53. The zero-order chi connectivity index (χ0) is 17.1. The third-order valence-corrected chi connectivity index (χ3v) is 4.93. The van der Waals surface area contributed by atoms with E-state index in [9.17, 15) is 4.79 Å². The number of carbonyl (C=O) groups excluding carboxylic acids is 1. The van der Waals surface area contributed by atoms with Crippen molar-refractivity contribution in [3.05, 3.63) is 40.3 Å². The van der Waals surface area contributed by atoms with Crippen molar-refractivity contribution in [1.82, 2.24) is 9.97 Å². The molecule has 0 bridgehead atoms. The summed E-state index contributed by atoms with van der Waals surface area (Å²) < 4.78 is 10.5. The van der Waals surface area contributed by atoms with Crippen LogP contribution in [0, 0.1) is 6.92 Å². The van der Waals surface area contributed by atoms with Crippen LogP contribution in [0.2, 0.25) is 0 Å². The van der Waals surface area contributed by atoms with Crippen LogP contribution in [0.15, 0.2) is 29.8 Å². The predicted octanol–water partition coefficient (Wildman–Crippen LogP) is 3.84. The van der Waals surface area contributed by atoms with E-state index in [1.807, 2.05) is 25.1 Å². The molecule has 3 rings (SSSR count). The number of methoxy groups -OCH3 is 2. The van der Waals surface area contributed by atoms with Gasteiger partial charge in [0.1, 0.15) is 10.7 Å². The lowest BCUT2D eigenvalue weighted by Gasteiger charge is -2.08. The minimum absolute atomic E-state index is 0.271. The molecule has 1 N–H and O–H groups in total. The van der Waals surface area contributed by atoms with E-state index in [1.165, 1.54) is 22.7 Å². The summed E-state index contributed by atoms with van der Waals surface area (Å²) in [5, 5.41) is 5.78. The highest BCUT2D eigenvalue weighted by atomic mass is 32.1. The van der Waals surface area contributed by atoms with E-state index in [4.69, 9.17) is 9.47 Å². The molecule has 0 aliphatic heterocycles. The van der Waals surface area contributed by atoms with E-state index in [-0.39, 0.29) is 5.91 Å². The lowest BCUT2D eigenvalue weighted by atomic mass is 10.2. The number of hydrogen-bond acceptors (Lipinski definition) is 7. The molecule has 0 saturated heterocycles. The van der Waals surface area contributed by atoms with E-state index >= 15 is 0 Å². The standard InChI is InChI=1S/C16H15N3O3S2/c1-9-7-17-16(24-9)19-14(20)11-8-23-15(18-11)10-4-5-12(21-2)13(6-10)22-3/h4-8H,1-3H3,(H,17,19,20). The van der Waals surface area contributed by atoms with Crippen LogP contribution in [0.5, 0.6) is 11.5 Å². The maximum absolute atomic E-state index is 12.2. The van der Waals surface area contributed by atoms with Gasteiger partial charge in [0.2, 0.25) is 0 Å². The van der Waals surface area contributed by atoms with Crippen LogP contribution in [-0.4, -0.2) is 30.1 Å². The predicted molar refractivity (Wildman–Crippen MR) is 95.5 cm³/mol. The van der Waals surface area contributed by atoms with Gasteiger partial charge >= 0.3 is 0 Å². The van der Waals surface area contributed by atoms with Crippen LogP contribution in [0.3, 0.4) is 0 Å². The number of carbonyl (C=O) groups is 1. The molecule has 124 valence electrons. The van der Waals surface area contributed by atoms with E-state index in [0.29, 0.717) is 22.3 Å². The van der Waals surface area contributed by atoms with E-state index in [1.54, 1.807) is 25.8 Å². The molecule has 0 spiro atoms. The first-order valence-electron chi connectivity index (χ1n) is 7.02. The van der Waals surface area contributed by atoms with Gasteiger partial charge in [0, 0.05) is 22.0 Å². The lowest BCUT2D eigenvalue weighted by molar-refractivity contribution is 0.102. The Labute approximate surface area is 147 Å². The number of thiazole rings is 2. The van der Waals surface area contributed by atoms with Gasteiger partial charge in [0.25, 0.3) is 5.91 Å². The minimum Gasteiger partial charge on any atom is -0.493 e. The smallest absolute Gasteiger partial charge is 0.276 e. The second-order valence-corrected chi connectivity index (χ2v) is 6.93. The van der Waals surface area contributed by atoms with Crippen molar-refractivity contribution in [2.24, 2.45) is 0 Å². The summed E-state index contributed by atoms with van der Waals surface area (Å²) in [6.45, 7) is 1.94. The SMILES string of the molecule is COc1ccc(-c2nc(C(=O)Nc3ncc(C)s3)cs2)cc1OC. The van der Waals surface area contributed by atoms with Crippen molar-refractivity contribution in [2.45, 2.75) is 6.92 Å². The summed E-state index contributed by atoms with van der Waals surface area (Å²) in [5.41, 5.74) is 1.22. The number of rotatable bonds is 5. The molecule has 0 aliphatic carbocycles. The van der Waals surface area contributed by atoms with Gasteiger partial charge in [-0.05, 0) is 25.1 Å². The number of benzene rings is 1. The van der Waals surface area contributed by atoms with Crippen LogP contribution < -0.4 is 14.8 Å². The largest absolute Gasteiger partial charge is 0.493 e. The molecule has 2 aromatic heterocycles. The Bertz CT molecular complexity index is 873. The fourth-order valence-corrected chi connectivity index (χ4v) is 3.51. The summed E-state index contributed by atoms with van der Waals surface area (Å²) >= 11 is 2.82. The molecule has 0 saturated carbocycles. The second-order valence-electron chi connectivity index (χ2n) is 4.84. The summed E-state index contributed by atoms with van der Waals surface area (Å²) in [4.78, 5) is 21.8. The molecule has 8 heteroatoms. The van der Waals surface area contributed by atoms with Gasteiger partial charge in [-0.15, -0.1) is 22.7 Å². The zero-order valence-corrected chi connectivity index (χ0v) is 15.0. The Morgan fingerprint density at radius 1 is 1.21 bits per heavy atom. The summed E-state index contributed by atoms with van der Waals surface area (Å²) in [5.74, 6) is 0.997. The number of nitrogens with one attached hydrogen (secondary N) is 1. The Morgan fingerprint density at radius 3 is 2.67 bits per heavy atom. The lowest BCUT2D eigenvalue weighted by Crippen LogP contribution is -2.11. The molecule has 0 aliphatic rings. The minimum atomic E-state index is -0.271. The van der Waals surface area contributed by atoms with Crippen molar-refractivity contribution in [3.8, 4) is 22.1 Å². The van der Waals surface area contributed by atoms with Gasteiger partial charge in [0.15, 0.2) is 16.6 Å². The number of ether oxygens (including phenoxy) is 2. The third kappa shape index (κ3) is 3.39. The monoisotopic (exact) mass is 361 g/mol. The van der Waals surface area contributed by atoms with Crippen LogP contribution >= 0.6 is 22.7 Å². The normalized spacial score (nSPS) is 10.5. The van der Waals surface area contributed by atoms with E-state index in [0.717, 1.165) is 15.4 Å². The van der Waals surface area contributed by atoms with Crippen molar-refractivity contribution in [1.29, 1.82) is 0 Å². The Kier molecular flexibility index (Phi) is 4.77. The number of nitrogens with zero attached hydrogens (tertiary/aromatic N) is 2. The molecule has 0 radical (unpaired) electrons. The van der Waals surface area contributed by atoms with E-state index in [2.05, 4.69) is 15.3 Å². The molecule has 0 fully saturated rings. The maximum Gasteiger partial charge on any atom is 0.276 e. The van der Waals surface area contributed by atoms with Gasteiger partial charge < -0.3 is 9.47 Å². The van der Waals surface area contributed by atoms with Gasteiger partial charge in [-0.1, -0.05) is 0 Å². The average molecular weight is 361 g/mol. The molecule has 0 atom stereocenters. The van der Waals surface area contributed by atoms with Gasteiger partial charge in [-0.2, -0.15) is 0 Å². The van der Waals surface area contributed by atoms with E-state index < -0.39 is 0 Å². The highest BCUT2D eigenvalue weighted by molar-refractivity contribution is 7.15. The number of aryl methyl sites for hydroxylation is 1. The van der Waals surface area contributed by atoms with Crippen molar-refractivity contribution >= 4 is 33.7 Å².